The average Bonchev–Trinajstić information content (AvgIpc) is 2.99. The van der Waals surface area contributed by atoms with Crippen molar-refractivity contribution in [3.05, 3.63) is 32.9 Å². The van der Waals surface area contributed by atoms with Crippen LogP contribution in [0.25, 0.3) is 10.7 Å². The lowest BCUT2D eigenvalue weighted by Crippen LogP contribution is -2.01. The number of hydrogen-bond acceptors (Lipinski definition) is 3. The Morgan fingerprint density at radius 2 is 1.74 bits per heavy atom. The fourth-order valence-electron chi connectivity index (χ4n) is 2.63. The fourth-order valence-corrected chi connectivity index (χ4v) is 4.13. The molecule has 1 aliphatic carbocycles. The van der Waals surface area contributed by atoms with Crippen molar-refractivity contribution in [2.45, 2.75) is 38.5 Å². The van der Waals surface area contributed by atoms with Crippen LogP contribution in [0.2, 0.25) is 10.3 Å². The highest BCUT2D eigenvalue weighted by Gasteiger charge is 2.24. The summed E-state index contributed by atoms with van der Waals surface area (Å²) in [7, 11) is 0. The van der Waals surface area contributed by atoms with Crippen LogP contribution in [0.5, 0.6) is 0 Å². The summed E-state index contributed by atoms with van der Waals surface area (Å²) in [6.45, 7) is 2.06. The summed E-state index contributed by atoms with van der Waals surface area (Å²) in [4.78, 5) is 11.1. The van der Waals surface area contributed by atoms with Crippen LogP contribution < -0.4 is 0 Å². The molecule has 1 saturated carbocycles. The molecule has 0 aliphatic heterocycles. The molecule has 2 aromatic heterocycles. The summed E-state index contributed by atoms with van der Waals surface area (Å²) in [5, 5.41) is 1.04. The van der Waals surface area contributed by atoms with E-state index in [0.717, 1.165) is 23.3 Å². The zero-order valence-corrected chi connectivity index (χ0v) is 12.9. The Hall–Kier alpha value is -0.640. The normalized spacial score (nSPS) is 16.2. The Balaban J connectivity index is 2.02. The van der Waals surface area contributed by atoms with Crippen molar-refractivity contribution in [3.8, 4) is 10.7 Å². The molecule has 0 aromatic carbocycles. The van der Waals surface area contributed by atoms with E-state index in [1.54, 1.807) is 11.3 Å². The highest BCUT2D eigenvalue weighted by Crippen LogP contribution is 2.41. The maximum Gasteiger partial charge on any atom is 0.172 e. The molecule has 1 aliphatic rings. The highest BCUT2D eigenvalue weighted by atomic mass is 35.5. The van der Waals surface area contributed by atoms with Crippen molar-refractivity contribution in [1.29, 1.82) is 0 Å². The summed E-state index contributed by atoms with van der Waals surface area (Å²) in [6.07, 6.45) is 4.76. The lowest BCUT2D eigenvalue weighted by molar-refractivity contribution is 0.715. The van der Waals surface area contributed by atoms with Crippen LogP contribution in [0.4, 0.5) is 0 Å². The van der Waals surface area contributed by atoms with Gasteiger partial charge in [-0.25, -0.2) is 9.97 Å². The van der Waals surface area contributed by atoms with Crippen molar-refractivity contribution in [3.63, 3.8) is 0 Å². The molecule has 2 nitrogen and oxygen atoms in total. The van der Waals surface area contributed by atoms with Crippen LogP contribution in [-0.2, 0) is 0 Å². The predicted octanol–water partition coefficient (Wildman–Crippen LogP) is 5.48. The standard InChI is InChI=1S/C14H14Cl2N2S/c1-8-6-7-10(19-8)14-17-12(15)11(13(16)18-14)9-4-2-3-5-9/h6-7,9H,2-5H2,1H3. The molecule has 0 amide bonds. The van der Waals surface area contributed by atoms with E-state index in [1.807, 2.05) is 6.07 Å². The number of thiophene rings is 1. The van der Waals surface area contributed by atoms with E-state index in [1.165, 1.54) is 17.7 Å². The van der Waals surface area contributed by atoms with Gasteiger partial charge in [0.25, 0.3) is 0 Å². The number of aryl methyl sites for hydroxylation is 1. The molecule has 1 fully saturated rings. The summed E-state index contributed by atoms with van der Waals surface area (Å²) >= 11 is 14.3. The Kier molecular flexibility index (Phi) is 3.79. The molecule has 0 unspecified atom stereocenters. The predicted molar refractivity (Wildman–Crippen MR) is 81.3 cm³/mol. The first-order valence-electron chi connectivity index (χ1n) is 6.45. The molecule has 0 atom stereocenters. The van der Waals surface area contributed by atoms with Gasteiger partial charge in [-0.05, 0) is 37.8 Å². The lowest BCUT2D eigenvalue weighted by Gasteiger charge is -2.13. The molecular weight excluding hydrogens is 299 g/mol. The second kappa shape index (κ2) is 5.39. The Morgan fingerprint density at radius 1 is 1.11 bits per heavy atom. The first kappa shape index (κ1) is 13.3. The Labute approximate surface area is 126 Å². The molecule has 2 aromatic rings. The van der Waals surface area contributed by atoms with Gasteiger partial charge in [-0.3, -0.25) is 0 Å². The summed E-state index contributed by atoms with van der Waals surface area (Å²) in [5.41, 5.74) is 0.942. The topological polar surface area (TPSA) is 25.8 Å². The lowest BCUT2D eigenvalue weighted by atomic mass is 10.0. The second-order valence-electron chi connectivity index (χ2n) is 4.93. The largest absolute Gasteiger partial charge is 0.215 e. The van der Waals surface area contributed by atoms with Crippen LogP contribution in [0.3, 0.4) is 0 Å². The van der Waals surface area contributed by atoms with Gasteiger partial charge in [0.2, 0.25) is 0 Å². The molecule has 0 N–H and O–H groups in total. The number of rotatable bonds is 2. The van der Waals surface area contributed by atoms with Gasteiger partial charge in [-0.1, -0.05) is 36.0 Å². The maximum absolute atomic E-state index is 6.34. The van der Waals surface area contributed by atoms with Crippen LogP contribution >= 0.6 is 34.5 Å². The van der Waals surface area contributed by atoms with E-state index in [2.05, 4.69) is 23.0 Å². The SMILES string of the molecule is Cc1ccc(-c2nc(Cl)c(C3CCCC3)c(Cl)n2)s1. The molecular formula is C14H14Cl2N2S. The number of hydrogen-bond donors (Lipinski definition) is 0. The maximum atomic E-state index is 6.34. The smallest absolute Gasteiger partial charge is 0.172 e. The minimum absolute atomic E-state index is 0.430. The van der Waals surface area contributed by atoms with Gasteiger partial charge in [-0.15, -0.1) is 11.3 Å². The van der Waals surface area contributed by atoms with Crippen LogP contribution in [0.1, 0.15) is 42.0 Å². The number of halogens is 2. The van der Waals surface area contributed by atoms with E-state index in [0.29, 0.717) is 22.0 Å². The van der Waals surface area contributed by atoms with E-state index in [-0.39, 0.29) is 0 Å². The van der Waals surface area contributed by atoms with Gasteiger partial charge >= 0.3 is 0 Å². The molecule has 0 radical (unpaired) electrons. The zero-order chi connectivity index (χ0) is 13.4. The molecule has 5 heteroatoms. The van der Waals surface area contributed by atoms with E-state index in [9.17, 15) is 0 Å². The molecule has 3 rings (SSSR count). The van der Waals surface area contributed by atoms with E-state index >= 15 is 0 Å². The van der Waals surface area contributed by atoms with Gasteiger partial charge in [-0.2, -0.15) is 0 Å². The van der Waals surface area contributed by atoms with Crippen molar-refractivity contribution >= 4 is 34.5 Å². The summed E-state index contributed by atoms with van der Waals surface area (Å²) < 4.78 is 0. The van der Waals surface area contributed by atoms with Crippen molar-refractivity contribution in [2.75, 3.05) is 0 Å². The monoisotopic (exact) mass is 312 g/mol. The van der Waals surface area contributed by atoms with Crippen molar-refractivity contribution < 1.29 is 0 Å². The van der Waals surface area contributed by atoms with Gasteiger partial charge in [0.05, 0.1) is 4.88 Å². The number of aromatic nitrogens is 2. The first-order chi connectivity index (χ1) is 9.15. The minimum atomic E-state index is 0.430. The third kappa shape index (κ3) is 2.64. The molecule has 0 spiro atoms. The van der Waals surface area contributed by atoms with Gasteiger partial charge < -0.3 is 0 Å². The molecule has 0 saturated heterocycles. The van der Waals surface area contributed by atoms with E-state index < -0.39 is 0 Å². The second-order valence-corrected chi connectivity index (χ2v) is 6.94. The average molecular weight is 313 g/mol. The summed E-state index contributed by atoms with van der Waals surface area (Å²) in [5.74, 6) is 1.06. The molecule has 0 bridgehead atoms. The molecule has 100 valence electrons. The Bertz CT molecular complexity index is 580. The minimum Gasteiger partial charge on any atom is -0.215 e. The van der Waals surface area contributed by atoms with E-state index in [4.69, 9.17) is 23.2 Å². The fraction of sp³-hybridized carbons (Fsp3) is 0.429. The zero-order valence-electron chi connectivity index (χ0n) is 10.6. The van der Waals surface area contributed by atoms with Gasteiger partial charge in [0.1, 0.15) is 10.3 Å². The Morgan fingerprint density at radius 3 is 2.26 bits per heavy atom. The van der Waals surface area contributed by atoms with Crippen LogP contribution in [0.15, 0.2) is 12.1 Å². The third-order valence-corrected chi connectivity index (χ3v) is 5.15. The summed E-state index contributed by atoms with van der Waals surface area (Å²) in [6, 6.07) is 4.06. The quantitative estimate of drug-likeness (QED) is 0.686. The molecule has 2 heterocycles. The van der Waals surface area contributed by atoms with Gasteiger partial charge in [0.15, 0.2) is 5.82 Å². The van der Waals surface area contributed by atoms with Crippen LogP contribution in [-0.4, -0.2) is 9.97 Å². The first-order valence-corrected chi connectivity index (χ1v) is 8.02. The van der Waals surface area contributed by atoms with Gasteiger partial charge in [0, 0.05) is 10.4 Å². The number of nitrogens with zero attached hydrogens (tertiary/aromatic N) is 2. The van der Waals surface area contributed by atoms with Crippen molar-refractivity contribution in [1.82, 2.24) is 9.97 Å². The third-order valence-electron chi connectivity index (χ3n) is 3.58. The van der Waals surface area contributed by atoms with Crippen LogP contribution in [0, 0.1) is 6.92 Å². The highest BCUT2D eigenvalue weighted by molar-refractivity contribution is 7.15. The molecule has 19 heavy (non-hydrogen) atoms. The van der Waals surface area contributed by atoms with Crippen molar-refractivity contribution in [2.24, 2.45) is 0 Å².